The minimum atomic E-state index is 0.508. The minimum Gasteiger partial charge on any atom is -0.326 e. The lowest BCUT2D eigenvalue weighted by molar-refractivity contribution is 0.856. The fourth-order valence-electron chi connectivity index (χ4n) is 2.25. The summed E-state index contributed by atoms with van der Waals surface area (Å²) < 4.78 is 1.26. The zero-order chi connectivity index (χ0) is 13.7. The molecular formula is C16H24N2S. The Hall–Kier alpha value is -0.930. The Morgan fingerprint density at radius 1 is 1.16 bits per heavy atom. The van der Waals surface area contributed by atoms with Gasteiger partial charge in [0.1, 0.15) is 0 Å². The molecule has 2 N–H and O–H groups in total. The van der Waals surface area contributed by atoms with Gasteiger partial charge in [-0.2, -0.15) is 0 Å². The monoisotopic (exact) mass is 276 g/mol. The van der Waals surface area contributed by atoms with Gasteiger partial charge in [0.05, 0.1) is 15.2 Å². The van der Waals surface area contributed by atoms with Crippen LogP contribution < -0.4 is 5.73 Å². The quantitative estimate of drug-likeness (QED) is 0.853. The van der Waals surface area contributed by atoms with E-state index in [0.29, 0.717) is 12.5 Å². The summed E-state index contributed by atoms with van der Waals surface area (Å²) in [6.07, 6.45) is 7.50. The first-order valence-electron chi connectivity index (χ1n) is 7.30. The summed E-state index contributed by atoms with van der Waals surface area (Å²) in [7, 11) is 0. The highest BCUT2D eigenvalue weighted by atomic mass is 32.1. The Labute approximate surface area is 120 Å². The van der Waals surface area contributed by atoms with E-state index in [4.69, 9.17) is 5.73 Å². The first kappa shape index (κ1) is 14.5. The number of hydrogen-bond acceptors (Lipinski definition) is 3. The molecule has 0 spiro atoms. The molecule has 3 heteroatoms. The van der Waals surface area contributed by atoms with Crippen molar-refractivity contribution >= 4 is 21.6 Å². The van der Waals surface area contributed by atoms with Crippen molar-refractivity contribution < 1.29 is 0 Å². The van der Waals surface area contributed by atoms with Crippen molar-refractivity contribution in [2.24, 2.45) is 5.73 Å². The van der Waals surface area contributed by atoms with Crippen LogP contribution in [0.3, 0.4) is 0 Å². The van der Waals surface area contributed by atoms with Crippen LogP contribution >= 0.6 is 11.3 Å². The molecule has 1 aromatic heterocycles. The third-order valence-corrected chi connectivity index (χ3v) is 4.79. The fourth-order valence-corrected chi connectivity index (χ4v) is 3.20. The van der Waals surface area contributed by atoms with Gasteiger partial charge in [0.15, 0.2) is 0 Å². The van der Waals surface area contributed by atoms with Crippen LogP contribution in [0, 0.1) is 0 Å². The summed E-state index contributed by atoms with van der Waals surface area (Å²) in [5.74, 6) is 0.508. The average molecular weight is 276 g/mol. The second kappa shape index (κ2) is 7.01. The summed E-state index contributed by atoms with van der Waals surface area (Å²) in [5, 5.41) is 1.20. The van der Waals surface area contributed by atoms with Gasteiger partial charge < -0.3 is 5.73 Å². The Kier molecular flexibility index (Phi) is 5.34. The summed E-state index contributed by atoms with van der Waals surface area (Å²) in [6, 6.07) is 6.27. The normalized spacial score (nSPS) is 14.7. The number of nitrogens with two attached hydrogens (primary N) is 1. The molecule has 3 rings (SSSR count). The number of hydrogen-bond donors (Lipinski definition) is 1. The van der Waals surface area contributed by atoms with Crippen LogP contribution in [0.25, 0.3) is 10.2 Å². The van der Waals surface area contributed by atoms with Gasteiger partial charge in [-0.25, -0.2) is 4.98 Å². The number of benzene rings is 1. The molecule has 1 fully saturated rings. The lowest BCUT2D eigenvalue weighted by Crippen LogP contribution is -1.95. The summed E-state index contributed by atoms with van der Waals surface area (Å²) in [6.45, 7) is 4.92. The van der Waals surface area contributed by atoms with Crippen molar-refractivity contribution in [3.05, 3.63) is 28.8 Å². The highest BCUT2D eigenvalue weighted by Gasteiger charge is 2.07. The van der Waals surface area contributed by atoms with Crippen molar-refractivity contribution in [3.8, 4) is 0 Å². The van der Waals surface area contributed by atoms with Crippen molar-refractivity contribution in [2.75, 3.05) is 0 Å². The number of rotatable bonds is 2. The molecule has 0 aliphatic heterocycles. The molecule has 0 unspecified atom stereocenters. The topological polar surface area (TPSA) is 38.9 Å². The van der Waals surface area contributed by atoms with Gasteiger partial charge in [-0.05, 0) is 17.7 Å². The predicted molar refractivity (Wildman–Crippen MR) is 84.7 cm³/mol. The van der Waals surface area contributed by atoms with Crippen LogP contribution in [-0.4, -0.2) is 4.98 Å². The maximum Gasteiger partial charge on any atom is 0.0963 e. The molecule has 0 radical (unpaired) electrons. The van der Waals surface area contributed by atoms with Crippen LogP contribution in [0.2, 0.25) is 0 Å². The van der Waals surface area contributed by atoms with E-state index in [-0.39, 0.29) is 0 Å². The van der Waals surface area contributed by atoms with Gasteiger partial charge >= 0.3 is 0 Å². The van der Waals surface area contributed by atoms with Crippen LogP contribution in [0.15, 0.2) is 18.2 Å². The number of aromatic nitrogens is 1. The fraction of sp³-hybridized carbons (Fsp3) is 0.562. The van der Waals surface area contributed by atoms with Gasteiger partial charge in [-0.1, -0.05) is 52.0 Å². The Balaban J connectivity index is 0.000000224. The molecule has 0 amide bonds. The van der Waals surface area contributed by atoms with Crippen LogP contribution in [0.5, 0.6) is 0 Å². The number of nitrogens with zero attached hydrogens (tertiary/aromatic N) is 1. The van der Waals surface area contributed by atoms with E-state index in [2.05, 4.69) is 37.0 Å². The molecule has 2 aromatic rings. The zero-order valence-corrected chi connectivity index (χ0v) is 12.8. The average Bonchev–Trinajstić information content (AvgIpc) is 3.10. The molecule has 1 aliphatic rings. The molecule has 0 saturated heterocycles. The Morgan fingerprint density at radius 2 is 1.79 bits per heavy atom. The highest BCUT2D eigenvalue weighted by Crippen LogP contribution is 2.27. The maximum atomic E-state index is 5.58. The second-order valence-electron chi connectivity index (χ2n) is 5.48. The smallest absolute Gasteiger partial charge is 0.0963 e. The first-order chi connectivity index (χ1) is 9.20. The maximum absolute atomic E-state index is 5.58. The standard InChI is InChI=1S/C11H14N2S.C5H10/c1-7(2)11-13-9-5-8(6-12)3-4-10(9)14-11;1-2-4-5-3-1/h3-5,7H,6,12H2,1-2H3;1-5H2. The van der Waals surface area contributed by atoms with Crippen molar-refractivity contribution in [2.45, 2.75) is 58.4 Å². The summed E-state index contributed by atoms with van der Waals surface area (Å²) >= 11 is 1.77. The highest BCUT2D eigenvalue weighted by molar-refractivity contribution is 7.18. The molecular weight excluding hydrogens is 252 g/mol. The lowest BCUT2D eigenvalue weighted by atomic mass is 10.2. The first-order valence-corrected chi connectivity index (χ1v) is 8.12. The van der Waals surface area contributed by atoms with Gasteiger partial charge in [-0.15, -0.1) is 11.3 Å². The molecule has 2 nitrogen and oxygen atoms in total. The van der Waals surface area contributed by atoms with E-state index in [1.54, 1.807) is 11.3 Å². The third kappa shape index (κ3) is 4.02. The molecule has 1 saturated carbocycles. The van der Waals surface area contributed by atoms with Crippen molar-refractivity contribution in [1.82, 2.24) is 4.98 Å². The van der Waals surface area contributed by atoms with Gasteiger partial charge in [0.2, 0.25) is 0 Å². The van der Waals surface area contributed by atoms with E-state index in [9.17, 15) is 0 Å². The van der Waals surface area contributed by atoms with Gasteiger partial charge in [-0.3, -0.25) is 0 Å². The molecule has 1 heterocycles. The van der Waals surface area contributed by atoms with E-state index in [1.807, 2.05) is 0 Å². The van der Waals surface area contributed by atoms with E-state index >= 15 is 0 Å². The van der Waals surface area contributed by atoms with E-state index in [1.165, 1.54) is 41.8 Å². The summed E-state index contributed by atoms with van der Waals surface area (Å²) in [4.78, 5) is 4.58. The van der Waals surface area contributed by atoms with Gasteiger partial charge in [0, 0.05) is 12.5 Å². The SMILES string of the molecule is C1CCCC1.CC(C)c1nc2cc(CN)ccc2s1. The van der Waals surface area contributed by atoms with Gasteiger partial charge in [0.25, 0.3) is 0 Å². The number of fused-ring (bicyclic) bond motifs is 1. The van der Waals surface area contributed by atoms with Crippen molar-refractivity contribution in [3.63, 3.8) is 0 Å². The Morgan fingerprint density at radius 3 is 2.32 bits per heavy atom. The molecule has 0 atom stereocenters. The van der Waals surface area contributed by atoms with E-state index < -0.39 is 0 Å². The predicted octanol–water partition coefficient (Wildman–Crippen LogP) is 4.83. The van der Waals surface area contributed by atoms with Crippen LogP contribution in [-0.2, 0) is 6.54 Å². The molecule has 1 aliphatic carbocycles. The molecule has 1 aromatic carbocycles. The molecule has 0 bridgehead atoms. The third-order valence-electron chi connectivity index (χ3n) is 3.45. The van der Waals surface area contributed by atoms with Crippen LogP contribution in [0.4, 0.5) is 0 Å². The van der Waals surface area contributed by atoms with Crippen molar-refractivity contribution in [1.29, 1.82) is 0 Å². The minimum absolute atomic E-state index is 0.508. The largest absolute Gasteiger partial charge is 0.326 e. The van der Waals surface area contributed by atoms with Crippen LogP contribution in [0.1, 0.15) is 62.4 Å². The van der Waals surface area contributed by atoms with E-state index in [0.717, 1.165) is 11.1 Å². The Bertz CT molecular complexity index is 505. The molecule has 104 valence electrons. The zero-order valence-electron chi connectivity index (χ0n) is 12.0. The lowest BCUT2D eigenvalue weighted by Gasteiger charge is -1.94. The molecule has 19 heavy (non-hydrogen) atoms. The number of thiazole rings is 1. The summed E-state index contributed by atoms with van der Waals surface area (Å²) in [5.41, 5.74) is 7.82. The second-order valence-corrected chi connectivity index (χ2v) is 6.54.